The Morgan fingerprint density at radius 1 is 0.688 bits per heavy atom. The molecule has 1 rings (SSSR count). The van der Waals surface area contributed by atoms with Crippen LogP contribution in [0, 0.1) is 0 Å². The van der Waals surface area contributed by atoms with Gasteiger partial charge in [0.2, 0.25) is 0 Å². The first-order chi connectivity index (χ1) is 7.33. The lowest BCUT2D eigenvalue weighted by Crippen LogP contribution is -2.13. The Morgan fingerprint density at radius 3 is 1.12 bits per heavy atom. The molecule has 6 heteroatoms. The van der Waals surface area contributed by atoms with Crippen molar-refractivity contribution in [3.05, 3.63) is 35.4 Å². The zero-order chi connectivity index (χ0) is 12.4. The molecule has 0 N–H and O–H groups in total. The van der Waals surface area contributed by atoms with Crippen molar-refractivity contribution in [1.82, 2.24) is 0 Å². The second-order valence-electron chi connectivity index (χ2n) is 3.25. The van der Waals surface area contributed by atoms with Crippen LogP contribution in [0.2, 0.25) is 0 Å². The minimum absolute atomic E-state index is 0.200. The Labute approximate surface area is 146 Å². The molecule has 0 unspecified atom stereocenters. The summed E-state index contributed by atoms with van der Waals surface area (Å²) in [5, 5.41) is 1.59. The normalized spacial score (nSPS) is 12.9. The zero-order valence-electron chi connectivity index (χ0n) is 7.99. The first kappa shape index (κ1) is 16.2. The van der Waals surface area contributed by atoms with Gasteiger partial charge in [-0.25, -0.2) is 0 Å². The summed E-state index contributed by atoms with van der Waals surface area (Å²) >= 11 is 21.4. The number of halogens is 6. The lowest BCUT2D eigenvalue weighted by Gasteiger charge is -2.21. The van der Waals surface area contributed by atoms with E-state index in [0.717, 1.165) is 10.7 Å². The number of hydrogen-bond acceptors (Lipinski definition) is 0. The van der Waals surface area contributed by atoms with E-state index < -0.39 is 0 Å². The van der Waals surface area contributed by atoms with Gasteiger partial charge in [-0.15, -0.1) is 0 Å². The largest absolute Gasteiger partial charge is 0.115 e. The maximum atomic E-state index is 3.62. The molecular weight excluding hydrogens is 600 g/mol. The fraction of sp³-hybridized carbons (Fsp3) is 0.400. The van der Waals surface area contributed by atoms with E-state index in [-0.39, 0.29) is 6.47 Å². The standard InChI is InChI=1S/C10H8Br6/c11-5-9(13,14)7-1-2-8(4-3-7)10(15,16)6-12/h1-4H,5-6H2. The molecule has 0 heterocycles. The van der Waals surface area contributed by atoms with Crippen LogP contribution in [0.5, 0.6) is 0 Å². The van der Waals surface area contributed by atoms with Crippen LogP contribution in [0.1, 0.15) is 11.1 Å². The van der Waals surface area contributed by atoms with E-state index in [9.17, 15) is 0 Å². The zero-order valence-corrected chi connectivity index (χ0v) is 17.5. The molecule has 1 aromatic rings. The smallest absolute Gasteiger partial charge is 0.0900 e. The highest BCUT2D eigenvalue weighted by Crippen LogP contribution is 2.43. The molecule has 0 saturated heterocycles. The van der Waals surface area contributed by atoms with Crippen LogP contribution < -0.4 is 0 Å². The van der Waals surface area contributed by atoms with Gasteiger partial charge < -0.3 is 0 Å². The molecule has 0 amide bonds. The summed E-state index contributed by atoms with van der Waals surface area (Å²) in [6.07, 6.45) is 0. The first-order valence-corrected chi connectivity index (χ1v) is 9.73. The Kier molecular flexibility index (Phi) is 6.57. The monoisotopic (exact) mass is 602 g/mol. The van der Waals surface area contributed by atoms with E-state index in [1.807, 2.05) is 0 Å². The molecular formula is C10H8Br6. The van der Waals surface area contributed by atoms with Gasteiger partial charge >= 0.3 is 0 Å². The van der Waals surface area contributed by atoms with Gasteiger partial charge in [-0.05, 0) is 11.1 Å². The quantitative estimate of drug-likeness (QED) is 0.350. The Hall–Kier alpha value is 2.10. The molecule has 16 heavy (non-hydrogen) atoms. The lowest BCUT2D eigenvalue weighted by molar-refractivity contribution is 1.05. The molecule has 0 saturated carbocycles. The van der Waals surface area contributed by atoms with Crippen molar-refractivity contribution in [2.75, 3.05) is 10.7 Å². The SMILES string of the molecule is BrCC(Br)(Br)c1ccc(C(Br)(Br)CBr)cc1. The second-order valence-corrected chi connectivity index (χ2v) is 11.9. The number of benzene rings is 1. The van der Waals surface area contributed by atoms with Gasteiger partial charge in [0.25, 0.3) is 0 Å². The van der Waals surface area contributed by atoms with Crippen molar-refractivity contribution >= 4 is 95.6 Å². The fourth-order valence-corrected chi connectivity index (χ4v) is 2.82. The summed E-state index contributed by atoms with van der Waals surface area (Å²) in [5.41, 5.74) is 2.36. The minimum atomic E-state index is -0.200. The molecule has 0 nitrogen and oxygen atoms in total. The third kappa shape index (κ3) is 4.05. The van der Waals surface area contributed by atoms with Crippen LogP contribution in [-0.4, -0.2) is 10.7 Å². The van der Waals surface area contributed by atoms with Crippen LogP contribution >= 0.6 is 95.6 Å². The molecule has 0 aliphatic carbocycles. The van der Waals surface area contributed by atoms with Crippen LogP contribution in [0.25, 0.3) is 0 Å². The van der Waals surface area contributed by atoms with E-state index in [4.69, 9.17) is 0 Å². The maximum Gasteiger partial charge on any atom is 0.115 e. The highest BCUT2D eigenvalue weighted by atomic mass is 79.9. The maximum absolute atomic E-state index is 3.62. The summed E-state index contributed by atoms with van der Waals surface area (Å²) < 4.78 is -0.400. The van der Waals surface area contributed by atoms with Crippen LogP contribution in [-0.2, 0) is 6.47 Å². The average Bonchev–Trinajstić information content (AvgIpc) is 2.29. The van der Waals surface area contributed by atoms with Crippen molar-refractivity contribution < 1.29 is 0 Å². The highest BCUT2D eigenvalue weighted by molar-refractivity contribution is 9.26. The van der Waals surface area contributed by atoms with Crippen LogP contribution in [0.4, 0.5) is 0 Å². The Balaban J connectivity index is 3.00. The number of alkyl halides is 6. The van der Waals surface area contributed by atoms with Gasteiger partial charge in [0.15, 0.2) is 0 Å². The molecule has 90 valence electrons. The molecule has 0 radical (unpaired) electrons. The third-order valence-corrected chi connectivity index (χ3v) is 9.71. The van der Waals surface area contributed by atoms with Crippen molar-refractivity contribution in [3.63, 3.8) is 0 Å². The average molecular weight is 608 g/mol. The summed E-state index contributed by atoms with van der Waals surface area (Å²) in [6.45, 7) is 0. The molecule has 0 aromatic heterocycles. The fourth-order valence-electron chi connectivity index (χ4n) is 1.11. The van der Waals surface area contributed by atoms with Gasteiger partial charge in [-0.2, -0.15) is 0 Å². The van der Waals surface area contributed by atoms with Gasteiger partial charge in [0.1, 0.15) is 6.47 Å². The number of rotatable bonds is 4. The van der Waals surface area contributed by atoms with Gasteiger partial charge in [0.05, 0.1) is 0 Å². The van der Waals surface area contributed by atoms with Crippen molar-refractivity contribution in [2.24, 2.45) is 0 Å². The molecule has 0 aliphatic heterocycles. The van der Waals surface area contributed by atoms with Crippen molar-refractivity contribution in [3.8, 4) is 0 Å². The summed E-state index contributed by atoms with van der Waals surface area (Å²) in [7, 11) is 0. The highest BCUT2D eigenvalue weighted by Gasteiger charge is 2.27. The van der Waals surface area contributed by atoms with Crippen molar-refractivity contribution in [2.45, 2.75) is 6.47 Å². The van der Waals surface area contributed by atoms with E-state index in [1.54, 1.807) is 0 Å². The third-order valence-electron chi connectivity index (χ3n) is 2.07. The van der Waals surface area contributed by atoms with E-state index in [2.05, 4.69) is 120 Å². The Bertz CT molecular complexity index is 308. The predicted octanol–water partition coefficient (Wildman–Crippen LogP) is 6.36. The molecule has 0 spiro atoms. The molecule has 0 atom stereocenters. The summed E-state index contributed by atoms with van der Waals surface area (Å²) in [4.78, 5) is 0. The summed E-state index contributed by atoms with van der Waals surface area (Å²) in [5.74, 6) is 0. The van der Waals surface area contributed by atoms with E-state index in [0.29, 0.717) is 0 Å². The molecule has 1 aromatic carbocycles. The molecule has 0 fully saturated rings. The van der Waals surface area contributed by atoms with Gasteiger partial charge in [-0.3, -0.25) is 0 Å². The minimum Gasteiger partial charge on any atom is -0.0900 e. The first-order valence-electron chi connectivity index (χ1n) is 4.32. The van der Waals surface area contributed by atoms with Crippen molar-refractivity contribution in [1.29, 1.82) is 0 Å². The van der Waals surface area contributed by atoms with Crippen LogP contribution in [0.15, 0.2) is 24.3 Å². The summed E-state index contributed by atoms with van der Waals surface area (Å²) in [6, 6.07) is 8.39. The molecule has 0 aliphatic rings. The van der Waals surface area contributed by atoms with Gasteiger partial charge in [0, 0.05) is 10.7 Å². The van der Waals surface area contributed by atoms with Gasteiger partial charge in [-0.1, -0.05) is 120 Å². The number of hydrogen-bond donors (Lipinski definition) is 0. The topological polar surface area (TPSA) is 0 Å². The van der Waals surface area contributed by atoms with E-state index >= 15 is 0 Å². The van der Waals surface area contributed by atoms with Crippen LogP contribution in [0.3, 0.4) is 0 Å². The lowest BCUT2D eigenvalue weighted by atomic mass is 10.1. The second kappa shape index (κ2) is 6.51. The van der Waals surface area contributed by atoms with E-state index in [1.165, 1.54) is 11.1 Å². The Morgan fingerprint density at radius 2 is 0.938 bits per heavy atom. The molecule has 0 bridgehead atoms. The predicted molar refractivity (Wildman–Crippen MR) is 93.1 cm³/mol.